The Morgan fingerprint density at radius 2 is 1.78 bits per heavy atom. The summed E-state index contributed by atoms with van der Waals surface area (Å²) >= 11 is 3.73. The number of carbonyl (C=O) groups excluding carboxylic acids is 2. The van der Waals surface area contributed by atoms with Crippen LogP contribution in [-0.4, -0.2) is 25.5 Å². The second kappa shape index (κ2) is 6.33. The minimum absolute atomic E-state index is 0.00588. The van der Waals surface area contributed by atoms with Gasteiger partial charge in [0.05, 0.1) is 18.7 Å². The molecule has 4 aliphatic carbocycles. The van der Waals surface area contributed by atoms with Crippen molar-refractivity contribution in [2.24, 2.45) is 23.7 Å². The molecule has 1 saturated heterocycles. The van der Waals surface area contributed by atoms with Crippen molar-refractivity contribution >= 4 is 33.5 Å². The van der Waals surface area contributed by atoms with Crippen molar-refractivity contribution < 1.29 is 14.3 Å². The maximum absolute atomic E-state index is 12.5. The highest BCUT2D eigenvalue weighted by Crippen LogP contribution is 2.61. The molecule has 1 aromatic carbocycles. The van der Waals surface area contributed by atoms with Gasteiger partial charge < -0.3 is 9.64 Å². The number of hydrogen-bond donors (Lipinski definition) is 0. The number of anilines is 1. The second-order valence-corrected chi connectivity index (χ2v) is 10.1. The van der Waals surface area contributed by atoms with E-state index in [1.54, 1.807) is 4.90 Å². The molecule has 0 aromatic heterocycles. The van der Waals surface area contributed by atoms with Gasteiger partial charge in [0.2, 0.25) is 5.91 Å². The number of benzene rings is 1. The van der Waals surface area contributed by atoms with E-state index in [1.165, 1.54) is 51.2 Å². The van der Waals surface area contributed by atoms with Crippen LogP contribution in [0.25, 0.3) is 0 Å². The summed E-state index contributed by atoms with van der Waals surface area (Å²) in [6.45, 7) is 0.404. The van der Waals surface area contributed by atoms with Gasteiger partial charge >= 0.3 is 5.97 Å². The number of carbonyl (C=O) groups is 2. The van der Waals surface area contributed by atoms with Gasteiger partial charge in [0.1, 0.15) is 0 Å². The van der Waals surface area contributed by atoms with Crippen LogP contribution >= 0.6 is 15.9 Å². The fraction of sp³-hybridized carbons (Fsp3) is 0.636. The van der Waals surface area contributed by atoms with Crippen LogP contribution in [0.2, 0.25) is 0 Å². The Morgan fingerprint density at radius 1 is 1.15 bits per heavy atom. The summed E-state index contributed by atoms with van der Waals surface area (Å²) in [6.07, 6.45) is 8.55. The van der Waals surface area contributed by atoms with E-state index in [2.05, 4.69) is 34.1 Å². The fourth-order valence-electron chi connectivity index (χ4n) is 6.78. The molecule has 5 fully saturated rings. The molecule has 1 heterocycles. The van der Waals surface area contributed by atoms with E-state index in [-0.39, 0.29) is 24.2 Å². The van der Waals surface area contributed by atoms with Crippen molar-refractivity contribution in [1.29, 1.82) is 0 Å². The van der Waals surface area contributed by atoms with Crippen molar-refractivity contribution in [1.82, 2.24) is 0 Å². The number of esters is 1. The highest BCUT2D eigenvalue weighted by molar-refractivity contribution is 9.10. The molecule has 1 aromatic rings. The highest BCUT2D eigenvalue weighted by Gasteiger charge is 2.51. The first-order chi connectivity index (χ1) is 13.0. The molecule has 1 aliphatic heterocycles. The van der Waals surface area contributed by atoms with Gasteiger partial charge in [-0.25, -0.2) is 0 Å². The molecule has 4 bridgehead atoms. The van der Waals surface area contributed by atoms with Crippen LogP contribution in [0, 0.1) is 23.7 Å². The molecule has 6 rings (SSSR count). The zero-order valence-corrected chi connectivity index (χ0v) is 17.3. The Hall–Kier alpha value is -1.36. The van der Waals surface area contributed by atoms with Crippen molar-refractivity contribution in [2.75, 3.05) is 18.6 Å². The molecule has 0 N–H and O–H groups in total. The molecule has 144 valence electrons. The van der Waals surface area contributed by atoms with Crippen LogP contribution in [0.1, 0.15) is 50.5 Å². The molecule has 4 saturated carbocycles. The molecule has 1 amide bonds. The Morgan fingerprint density at radius 3 is 2.33 bits per heavy atom. The molecule has 0 spiro atoms. The molecular weight excluding hydrogens is 406 g/mol. The van der Waals surface area contributed by atoms with Crippen molar-refractivity contribution in [3.8, 4) is 0 Å². The Bertz CT molecular complexity index is 769. The van der Waals surface area contributed by atoms with Crippen LogP contribution in [0.3, 0.4) is 0 Å². The molecule has 1 atom stereocenters. The minimum atomic E-state index is -0.364. The zero-order chi connectivity index (χ0) is 18.8. The summed E-state index contributed by atoms with van der Waals surface area (Å²) in [6, 6.07) is 6.57. The van der Waals surface area contributed by atoms with Gasteiger partial charge in [0, 0.05) is 17.4 Å². The van der Waals surface area contributed by atoms with Crippen LogP contribution in [0.5, 0.6) is 0 Å². The third-order valence-electron chi connectivity index (χ3n) is 7.55. The number of halogens is 1. The SMILES string of the molecule is COC(=O)[C@H]1CC(=O)N(c2ccc(C34CC5CC(CC(C5)C3)C4)cc2Br)C1. The van der Waals surface area contributed by atoms with E-state index in [4.69, 9.17) is 4.74 Å². The molecule has 27 heavy (non-hydrogen) atoms. The normalized spacial score (nSPS) is 37.1. The van der Waals surface area contributed by atoms with Gasteiger partial charge in [-0.05, 0) is 95.3 Å². The van der Waals surface area contributed by atoms with Crippen molar-refractivity contribution in [3.05, 3.63) is 28.2 Å². The lowest BCUT2D eigenvalue weighted by Gasteiger charge is -2.57. The number of rotatable bonds is 3. The van der Waals surface area contributed by atoms with Gasteiger partial charge in [-0.2, -0.15) is 0 Å². The van der Waals surface area contributed by atoms with Crippen molar-refractivity contribution in [3.63, 3.8) is 0 Å². The van der Waals surface area contributed by atoms with Crippen LogP contribution in [0.15, 0.2) is 22.7 Å². The standard InChI is InChI=1S/C22H26BrNO3/c1-27-21(26)16-7-20(25)24(12-16)19-3-2-17(8-18(19)23)22-9-13-4-14(10-22)6-15(5-13)11-22/h2-3,8,13-16H,4-7,9-12H2,1H3/t13?,14?,15?,16-,22?/m0/s1. The quantitative estimate of drug-likeness (QED) is 0.664. The maximum Gasteiger partial charge on any atom is 0.311 e. The third kappa shape index (κ3) is 2.84. The lowest BCUT2D eigenvalue weighted by Crippen LogP contribution is -2.48. The van der Waals surface area contributed by atoms with E-state index >= 15 is 0 Å². The summed E-state index contributed by atoms with van der Waals surface area (Å²) < 4.78 is 5.79. The number of hydrogen-bond acceptors (Lipinski definition) is 3. The van der Waals surface area contributed by atoms with Gasteiger partial charge in [-0.15, -0.1) is 0 Å². The van der Waals surface area contributed by atoms with Gasteiger partial charge in [0.25, 0.3) is 0 Å². The molecule has 4 nitrogen and oxygen atoms in total. The summed E-state index contributed by atoms with van der Waals surface area (Å²) in [7, 11) is 1.38. The van der Waals surface area contributed by atoms with Gasteiger partial charge in [-0.1, -0.05) is 6.07 Å². The molecule has 0 radical (unpaired) electrons. The first kappa shape index (κ1) is 17.7. The highest BCUT2D eigenvalue weighted by atomic mass is 79.9. The molecule has 5 heteroatoms. The van der Waals surface area contributed by atoms with E-state index in [0.717, 1.165) is 27.9 Å². The Balaban J connectivity index is 1.42. The topological polar surface area (TPSA) is 46.6 Å². The van der Waals surface area contributed by atoms with E-state index in [0.29, 0.717) is 12.0 Å². The van der Waals surface area contributed by atoms with Crippen LogP contribution in [0.4, 0.5) is 5.69 Å². The lowest BCUT2D eigenvalue weighted by atomic mass is 9.48. The number of ether oxygens (including phenoxy) is 1. The van der Waals surface area contributed by atoms with Gasteiger partial charge in [0.15, 0.2) is 0 Å². The minimum Gasteiger partial charge on any atom is -0.469 e. The zero-order valence-electron chi connectivity index (χ0n) is 15.7. The Kier molecular flexibility index (Phi) is 4.15. The predicted octanol–water partition coefficient (Wildman–Crippen LogP) is 4.44. The largest absolute Gasteiger partial charge is 0.469 e. The van der Waals surface area contributed by atoms with E-state index in [1.807, 2.05) is 0 Å². The smallest absolute Gasteiger partial charge is 0.311 e. The van der Waals surface area contributed by atoms with Crippen LogP contribution in [-0.2, 0) is 19.7 Å². The summed E-state index contributed by atoms with van der Waals surface area (Å²) in [4.78, 5) is 26.0. The van der Waals surface area contributed by atoms with E-state index in [9.17, 15) is 9.59 Å². The van der Waals surface area contributed by atoms with Crippen molar-refractivity contribution in [2.45, 2.75) is 50.4 Å². The fourth-order valence-corrected chi connectivity index (χ4v) is 7.38. The third-order valence-corrected chi connectivity index (χ3v) is 8.18. The summed E-state index contributed by atoms with van der Waals surface area (Å²) in [5.41, 5.74) is 2.66. The van der Waals surface area contributed by atoms with E-state index < -0.39 is 0 Å². The Labute approximate surface area is 168 Å². The lowest BCUT2D eigenvalue weighted by molar-refractivity contribution is -0.145. The summed E-state index contributed by atoms with van der Waals surface area (Å²) in [5, 5.41) is 0. The van der Waals surface area contributed by atoms with Gasteiger partial charge in [-0.3, -0.25) is 9.59 Å². The molecular formula is C22H26BrNO3. The first-order valence-corrected chi connectivity index (χ1v) is 10.9. The molecule has 0 unspecified atom stereocenters. The number of nitrogens with zero attached hydrogens (tertiary/aromatic N) is 1. The average Bonchev–Trinajstić information content (AvgIpc) is 3.01. The average molecular weight is 432 g/mol. The monoisotopic (exact) mass is 431 g/mol. The predicted molar refractivity (Wildman–Crippen MR) is 106 cm³/mol. The number of methoxy groups -OCH3 is 1. The first-order valence-electron chi connectivity index (χ1n) is 10.2. The van der Waals surface area contributed by atoms with Crippen LogP contribution < -0.4 is 4.90 Å². The summed E-state index contributed by atoms with van der Waals surface area (Å²) in [5.74, 6) is 2.07. The number of amides is 1. The second-order valence-electron chi connectivity index (χ2n) is 9.29. The maximum atomic E-state index is 12.5. The molecule has 5 aliphatic rings.